The Morgan fingerprint density at radius 1 is 1.42 bits per heavy atom. The molecule has 0 fully saturated rings. The number of rotatable bonds is 5. The first-order chi connectivity index (χ1) is 8.81. The average molecular weight is 300 g/mol. The predicted molar refractivity (Wildman–Crippen MR) is 77.4 cm³/mol. The molecule has 0 aliphatic rings. The van der Waals surface area contributed by atoms with Gasteiger partial charge in [0.05, 0.1) is 6.61 Å². The normalized spacial score (nSPS) is 12.3. The van der Waals surface area contributed by atoms with Crippen LogP contribution in [0.1, 0.15) is 19.4 Å². The van der Waals surface area contributed by atoms with Crippen molar-refractivity contribution in [3.05, 3.63) is 35.4 Å². The van der Waals surface area contributed by atoms with Crippen LogP contribution in [0.25, 0.3) is 6.08 Å². The first kappa shape index (κ1) is 15.8. The van der Waals surface area contributed by atoms with Crippen LogP contribution in [0.5, 0.6) is 0 Å². The summed E-state index contributed by atoms with van der Waals surface area (Å²) in [4.78, 5) is 12.1. The molecule has 0 heterocycles. The van der Waals surface area contributed by atoms with Gasteiger partial charge in [-0.1, -0.05) is 12.1 Å². The molecular formula is C13H16O4S2. The van der Waals surface area contributed by atoms with E-state index < -0.39 is 8.87 Å². The van der Waals surface area contributed by atoms with Gasteiger partial charge in [-0.25, -0.2) is 13.2 Å². The highest BCUT2D eigenvalue weighted by atomic mass is 33.1. The van der Waals surface area contributed by atoms with Gasteiger partial charge in [0.2, 0.25) is 8.87 Å². The lowest BCUT2D eigenvalue weighted by Gasteiger charge is -2.03. The van der Waals surface area contributed by atoms with Crippen molar-refractivity contribution in [1.29, 1.82) is 0 Å². The van der Waals surface area contributed by atoms with Gasteiger partial charge in [-0.2, -0.15) is 0 Å². The lowest BCUT2D eigenvalue weighted by atomic mass is 10.1. The standard InChI is InChI=1S/C13H16O4S2/c1-4-17-13(14)10(2)8-11-6-5-7-12(9-11)18-19(3,15)16/h5-9H,4H2,1-3H3/b10-8+. The average Bonchev–Trinajstić information content (AvgIpc) is 2.27. The Morgan fingerprint density at radius 3 is 2.68 bits per heavy atom. The van der Waals surface area contributed by atoms with E-state index in [4.69, 9.17) is 4.74 Å². The number of ether oxygens (including phenoxy) is 1. The number of esters is 1. The van der Waals surface area contributed by atoms with Crippen molar-refractivity contribution < 1.29 is 17.9 Å². The number of hydrogen-bond acceptors (Lipinski definition) is 5. The molecule has 0 atom stereocenters. The van der Waals surface area contributed by atoms with Gasteiger partial charge in [0.1, 0.15) is 0 Å². The molecular weight excluding hydrogens is 284 g/mol. The van der Waals surface area contributed by atoms with Crippen molar-refractivity contribution in [2.24, 2.45) is 0 Å². The fourth-order valence-corrected chi connectivity index (χ4v) is 3.41. The minimum absolute atomic E-state index is 0.327. The van der Waals surface area contributed by atoms with E-state index in [0.717, 1.165) is 22.6 Å². The van der Waals surface area contributed by atoms with Crippen LogP contribution in [0.15, 0.2) is 34.7 Å². The topological polar surface area (TPSA) is 60.4 Å². The number of hydrogen-bond donors (Lipinski definition) is 0. The molecule has 0 aliphatic carbocycles. The summed E-state index contributed by atoms with van der Waals surface area (Å²) in [6.45, 7) is 3.73. The quantitative estimate of drug-likeness (QED) is 0.475. The second-order valence-electron chi connectivity index (χ2n) is 3.91. The zero-order chi connectivity index (χ0) is 14.5. The molecule has 0 amide bonds. The third kappa shape index (κ3) is 5.94. The van der Waals surface area contributed by atoms with Gasteiger partial charge in [-0.05, 0) is 37.6 Å². The Bertz CT molecular complexity index is 588. The summed E-state index contributed by atoms with van der Waals surface area (Å²) in [5.74, 6) is -0.372. The lowest BCUT2D eigenvalue weighted by Crippen LogP contribution is -2.04. The van der Waals surface area contributed by atoms with Gasteiger partial charge < -0.3 is 4.74 Å². The molecule has 0 aromatic heterocycles. The van der Waals surface area contributed by atoms with Crippen LogP contribution < -0.4 is 0 Å². The molecule has 0 aliphatic heterocycles. The Hall–Kier alpha value is -1.27. The minimum atomic E-state index is -3.14. The van der Waals surface area contributed by atoms with E-state index in [9.17, 15) is 13.2 Å². The van der Waals surface area contributed by atoms with Crippen LogP contribution in [0.2, 0.25) is 0 Å². The molecule has 6 heteroatoms. The second-order valence-corrected chi connectivity index (χ2v) is 8.27. The Morgan fingerprint density at radius 2 is 2.11 bits per heavy atom. The summed E-state index contributed by atoms with van der Waals surface area (Å²) in [7, 11) is -2.36. The zero-order valence-corrected chi connectivity index (χ0v) is 12.7. The van der Waals surface area contributed by atoms with Crippen LogP contribution in [0.4, 0.5) is 0 Å². The highest BCUT2D eigenvalue weighted by Crippen LogP contribution is 2.24. The maximum Gasteiger partial charge on any atom is 0.333 e. The van der Waals surface area contributed by atoms with E-state index in [1.54, 1.807) is 44.2 Å². The number of benzene rings is 1. The number of carbonyl (C=O) groups excluding carboxylic acids is 1. The second kappa shape index (κ2) is 6.77. The van der Waals surface area contributed by atoms with Gasteiger partial charge in [0, 0.05) is 27.5 Å². The highest BCUT2D eigenvalue weighted by molar-refractivity contribution is 8.71. The molecule has 0 saturated heterocycles. The molecule has 104 valence electrons. The van der Waals surface area contributed by atoms with Crippen molar-refractivity contribution >= 4 is 31.7 Å². The van der Waals surface area contributed by atoms with Crippen LogP contribution in [0, 0.1) is 0 Å². The van der Waals surface area contributed by atoms with Crippen molar-refractivity contribution in [1.82, 2.24) is 0 Å². The largest absolute Gasteiger partial charge is 0.463 e. The van der Waals surface area contributed by atoms with Crippen LogP contribution in [-0.4, -0.2) is 27.2 Å². The molecule has 1 aromatic carbocycles. The van der Waals surface area contributed by atoms with E-state index in [0.29, 0.717) is 17.1 Å². The predicted octanol–water partition coefficient (Wildman–Crippen LogP) is 2.70. The van der Waals surface area contributed by atoms with E-state index >= 15 is 0 Å². The van der Waals surface area contributed by atoms with Crippen LogP contribution >= 0.6 is 10.8 Å². The molecule has 0 N–H and O–H groups in total. The molecule has 0 bridgehead atoms. The van der Waals surface area contributed by atoms with E-state index in [-0.39, 0.29) is 5.97 Å². The minimum Gasteiger partial charge on any atom is -0.463 e. The molecule has 0 radical (unpaired) electrons. The molecule has 19 heavy (non-hydrogen) atoms. The Labute approximate surface area is 117 Å². The fraction of sp³-hybridized carbons (Fsp3) is 0.308. The number of carbonyl (C=O) groups is 1. The summed E-state index contributed by atoms with van der Waals surface area (Å²) in [6, 6.07) is 6.98. The summed E-state index contributed by atoms with van der Waals surface area (Å²) >= 11 is 0. The molecule has 1 rings (SSSR count). The summed E-state index contributed by atoms with van der Waals surface area (Å²) in [6.07, 6.45) is 2.83. The van der Waals surface area contributed by atoms with E-state index in [1.165, 1.54) is 0 Å². The molecule has 4 nitrogen and oxygen atoms in total. The third-order valence-corrected chi connectivity index (χ3v) is 4.32. The van der Waals surface area contributed by atoms with Gasteiger partial charge in [-0.3, -0.25) is 0 Å². The monoisotopic (exact) mass is 300 g/mol. The smallest absolute Gasteiger partial charge is 0.333 e. The Balaban J connectivity index is 2.94. The maximum absolute atomic E-state index is 11.5. The van der Waals surface area contributed by atoms with E-state index in [2.05, 4.69) is 0 Å². The third-order valence-electron chi connectivity index (χ3n) is 2.09. The first-order valence-electron chi connectivity index (χ1n) is 5.67. The zero-order valence-electron chi connectivity index (χ0n) is 11.0. The van der Waals surface area contributed by atoms with E-state index in [1.807, 2.05) is 0 Å². The Kier molecular flexibility index (Phi) is 5.62. The van der Waals surface area contributed by atoms with Gasteiger partial charge in [0.25, 0.3) is 0 Å². The van der Waals surface area contributed by atoms with Crippen molar-refractivity contribution in [3.63, 3.8) is 0 Å². The van der Waals surface area contributed by atoms with Crippen molar-refractivity contribution in [2.75, 3.05) is 12.9 Å². The maximum atomic E-state index is 11.5. The van der Waals surface area contributed by atoms with Crippen LogP contribution in [-0.2, 0) is 18.4 Å². The highest BCUT2D eigenvalue weighted by Gasteiger charge is 2.07. The lowest BCUT2D eigenvalue weighted by molar-refractivity contribution is -0.138. The van der Waals surface area contributed by atoms with Crippen molar-refractivity contribution in [2.45, 2.75) is 18.7 Å². The summed E-state index contributed by atoms with van der Waals surface area (Å²) in [5.41, 5.74) is 1.24. The molecule has 1 aromatic rings. The van der Waals surface area contributed by atoms with Gasteiger partial charge in [0.15, 0.2) is 0 Å². The van der Waals surface area contributed by atoms with Crippen LogP contribution in [0.3, 0.4) is 0 Å². The first-order valence-corrected chi connectivity index (χ1v) is 8.89. The SMILES string of the molecule is CCOC(=O)/C(C)=C/c1cccc(SS(C)(=O)=O)c1. The molecule has 0 saturated carbocycles. The fourth-order valence-electron chi connectivity index (χ4n) is 1.38. The van der Waals surface area contributed by atoms with Gasteiger partial charge >= 0.3 is 5.97 Å². The molecule has 0 unspecified atom stereocenters. The van der Waals surface area contributed by atoms with Gasteiger partial charge in [-0.15, -0.1) is 0 Å². The van der Waals surface area contributed by atoms with Crippen molar-refractivity contribution in [3.8, 4) is 0 Å². The summed E-state index contributed by atoms with van der Waals surface area (Å²) in [5, 5.41) is 0. The molecule has 0 spiro atoms. The summed E-state index contributed by atoms with van der Waals surface area (Å²) < 4.78 is 27.3.